The summed E-state index contributed by atoms with van der Waals surface area (Å²) in [5.74, 6) is -2.53. The van der Waals surface area contributed by atoms with Gasteiger partial charge in [0.05, 0.1) is 25.3 Å². The number of phenols is 1. The van der Waals surface area contributed by atoms with Crippen molar-refractivity contribution in [2.45, 2.75) is 86.9 Å². The first-order valence-corrected chi connectivity index (χ1v) is 18.3. The fourth-order valence-electron chi connectivity index (χ4n) is 8.61. The Morgan fingerprint density at radius 3 is 2.46 bits per heavy atom. The van der Waals surface area contributed by atoms with Crippen LogP contribution >= 0.6 is 0 Å². The van der Waals surface area contributed by atoms with E-state index in [4.69, 9.17) is 5.41 Å². The maximum atomic E-state index is 14.1. The number of amides is 6. The molecule has 0 spiro atoms. The van der Waals surface area contributed by atoms with Crippen molar-refractivity contribution in [2.75, 3.05) is 26.3 Å². The van der Waals surface area contributed by atoms with E-state index in [0.29, 0.717) is 38.5 Å². The normalized spacial score (nSPS) is 28.8. The number of piperidine rings is 1. The summed E-state index contributed by atoms with van der Waals surface area (Å²) in [4.78, 5) is 86.0. The lowest BCUT2D eigenvalue weighted by molar-refractivity contribution is -0.161. The van der Waals surface area contributed by atoms with E-state index in [9.17, 15) is 39.0 Å². The molecule has 6 amide bonds. The number of guanidine groups is 1. The number of phenolic OH excluding ortho intramolecular Hbond substituents is 1. The average molecular weight is 744 g/mol. The number of aliphatic hydroxyl groups is 1. The molecule has 0 aromatic heterocycles. The third-order valence-electron chi connectivity index (χ3n) is 11.4. The predicted octanol–water partition coefficient (Wildman–Crippen LogP) is -1.66. The highest BCUT2D eigenvalue weighted by Gasteiger charge is 2.58. The zero-order valence-corrected chi connectivity index (χ0v) is 29.6. The largest absolute Gasteiger partial charge is 0.508 e. The molecule has 2 aromatic rings. The Hall–Kier alpha value is -5.55. The predicted molar refractivity (Wildman–Crippen MR) is 191 cm³/mol. The highest BCUT2D eigenvalue weighted by molar-refractivity contribution is 6.07. The van der Waals surface area contributed by atoms with Gasteiger partial charge in [0, 0.05) is 31.6 Å². The standard InChI is InChI=1S/C37H45N9O8/c38-36-42-35(53)37(54)30(9-5-15-46(36)37)41-32(50)27-8-4-14-44(27)34(52)26(39-20-47)19-43-21-45-28(18-31(43)49)25(16-23-10-12-24(48)13-11-23)40-33(51)29(45)17-22-6-2-1-3-7-22/h1-3,6-7,10-13,20,25-30,48,54H,4-5,8-9,14-19,21H2,(H,39,47)(H,40,51)(H,41,50)(H2,38,42,53). The van der Waals surface area contributed by atoms with Crippen LogP contribution in [0.25, 0.3) is 0 Å². The fourth-order valence-corrected chi connectivity index (χ4v) is 8.61. The first-order valence-electron chi connectivity index (χ1n) is 18.3. The number of benzene rings is 2. The molecule has 286 valence electrons. The summed E-state index contributed by atoms with van der Waals surface area (Å²) in [5, 5.41) is 39.9. The fraction of sp³-hybridized carbons (Fsp3) is 0.486. The second-order valence-corrected chi connectivity index (χ2v) is 14.6. The summed E-state index contributed by atoms with van der Waals surface area (Å²) in [6, 6.07) is 11.6. The van der Waals surface area contributed by atoms with Crippen molar-refractivity contribution < 1.29 is 39.0 Å². The molecular weight excluding hydrogens is 698 g/mol. The van der Waals surface area contributed by atoms with Gasteiger partial charge in [0.2, 0.25) is 41.7 Å². The second kappa shape index (κ2) is 15.1. The lowest BCUT2D eigenvalue weighted by Gasteiger charge is -2.51. The molecular formula is C37H45N9O8. The van der Waals surface area contributed by atoms with Crippen molar-refractivity contribution in [3.05, 3.63) is 65.7 Å². The molecule has 7 N–H and O–H groups in total. The lowest BCUT2D eigenvalue weighted by Crippen LogP contribution is -2.72. The van der Waals surface area contributed by atoms with E-state index >= 15 is 0 Å². The molecule has 0 radical (unpaired) electrons. The van der Waals surface area contributed by atoms with Crippen LogP contribution in [0.3, 0.4) is 0 Å². The molecule has 7 rings (SSSR count). The molecule has 7 atom stereocenters. The van der Waals surface area contributed by atoms with Crippen LogP contribution in [-0.2, 0) is 41.6 Å². The molecule has 7 unspecified atom stereocenters. The van der Waals surface area contributed by atoms with Gasteiger partial charge in [-0.05, 0) is 61.8 Å². The minimum atomic E-state index is -2.13. The lowest BCUT2D eigenvalue weighted by atomic mass is 9.88. The summed E-state index contributed by atoms with van der Waals surface area (Å²) in [5.41, 5.74) is -0.314. The SMILES string of the molecule is N=C1NC(=O)C2(O)C(NC(=O)C3CCCN3C(=O)C(CN3CN4C(Cc5ccccc5)C(=O)NC(Cc5ccc(O)cc5)C4CC3=O)NC=O)CCCN12. The van der Waals surface area contributed by atoms with E-state index in [1.165, 1.54) is 14.7 Å². The maximum absolute atomic E-state index is 14.1. The van der Waals surface area contributed by atoms with Gasteiger partial charge in [-0.2, -0.15) is 0 Å². The number of nitrogens with zero attached hydrogens (tertiary/aromatic N) is 4. The van der Waals surface area contributed by atoms with Crippen molar-refractivity contribution in [3.8, 4) is 5.75 Å². The number of hydrogen-bond donors (Lipinski definition) is 7. The Balaban J connectivity index is 1.07. The van der Waals surface area contributed by atoms with Crippen LogP contribution < -0.4 is 21.3 Å². The molecule has 5 heterocycles. The average Bonchev–Trinajstić information content (AvgIpc) is 3.74. The summed E-state index contributed by atoms with van der Waals surface area (Å²) in [6.07, 6.45) is 2.81. The van der Waals surface area contributed by atoms with Crippen LogP contribution in [-0.4, -0.2) is 140 Å². The molecule has 5 saturated heterocycles. The van der Waals surface area contributed by atoms with Crippen molar-refractivity contribution in [2.24, 2.45) is 0 Å². The first-order chi connectivity index (χ1) is 26.0. The molecule has 17 heteroatoms. The number of aromatic hydroxyl groups is 1. The Kier molecular flexibility index (Phi) is 10.3. The highest BCUT2D eigenvalue weighted by atomic mass is 16.3. The van der Waals surface area contributed by atoms with Crippen molar-refractivity contribution in [3.63, 3.8) is 0 Å². The molecule has 5 aliphatic rings. The number of nitrogens with one attached hydrogen (secondary N) is 5. The quantitative estimate of drug-likeness (QED) is 0.130. The molecule has 5 aliphatic heterocycles. The van der Waals surface area contributed by atoms with Crippen LogP contribution in [0, 0.1) is 5.41 Å². The van der Waals surface area contributed by atoms with Crippen LogP contribution in [0.5, 0.6) is 5.75 Å². The Bertz CT molecular complexity index is 1810. The number of rotatable bonds is 11. The van der Waals surface area contributed by atoms with Crippen LogP contribution in [0.2, 0.25) is 0 Å². The van der Waals surface area contributed by atoms with Crippen molar-refractivity contribution in [1.29, 1.82) is 5.41 Å². The molecule has 5 fully saturated rings. The third-order valence-corrected chi connectivity index (χ3v) is 11.4. The van der Waals surface area contributed by atoms with Gasteiger partial charge >= 0.3 is 0 Å². The van der Waals surface area contributed by atoms with E-state index in [0.717, 1.165) is 11.1 Å². The molecule has 0 aliphatic carbocycles. The van der Waals surface area contributed by atoms with E-state index in [1.54, 1.807) is 24.3 Å². The molecule has 54 heavy (non-hydrogen) atoms. The molecule has 0 saturated carbocycles. The molecule has 17 nitrogen and oxygen atoms in total. The van der Waals surface area contributed by atoms with Crippen LogP contribution in [0.4, 0.5) is 0 Å². The van der Waals surface area contributed by atoms with Crippen molar-refractivity contribution >= 4 is 41.9 Å². The zero-order valence-electron chi connectivity index (χ0n) is 29.6. The van der Waals surface area contributed by atoms with E-state index in [2.05, 4.69) is 21.3 Å². The zero-order chi connectivity index (χ0) is 38.1. The second-order valence-electron chi connectivity index (χ2n) is 14.6. The van der Waals surface area contributed by atoms with Gasteiger partial charge in [-0.15, -0.1) is 0 Å². The number of carbonyl (C=O) groups is 6. The number of piperazine rings is 1. The maximum Gasteiger partial charge on any atom is 0.282 e. The number of carbonyl (C=O) groups excluding carboxylic acids is 6. The van der Waals surface area contributed by atoms with Crippen LogP contribution in [0.1, 0.15) is 43.2 Å². The van der Waals surface area contributed by atoms with E-state index in [1.807, 2.05) is 35.2 Å². The van der Waals surface area contributed by atoms with E-state index < -0.39 is 53.7 Å². The summed E-state index contributed by atoms with van der Waals surface area (Å²) in [7, 11) is 0. The topological polar surface area (TPSA) is 228 Å². The van der Waals surface area contributed by atoms with Gasteiger partial charge in [-0.25, -0.2) is 0 Å². The Labute approximate surface area is 311 Å². The summed E-state index contributed by atoms with van der Waals surface area (Å²) in [6.45, 7) is 0.285. The first kappa shape index (κ1) is 36.8. The van der Waals surface area contributed by atoms with E-state index in [-0.39, 0.29) is 68.7 Å². The van der Waals surface area contributed by atoms with Gasteiger partial charge in [-0.3, -0.25) is 44.4 Å². The minimum absolute atomic E-state index is 0.0164. The van der Waals surface area contributed by atoms with Crippen molar-refractivity contribution in [1.82, 2.24) is 40.9 Å². The van der Waals surface area contributed by atoms with Gasteiger partial charge in [0.15, 0.2) is 0 Å². The molecule has 2 aromatic carbocycles. The van der Waals surface area contributed by atoms with Gasteiger partial charge in [-0.1, -0.05) is 42.5 Å². The summed E-state index contributed by atoms with van der Waals surface area (Å²) < 4.78 is 0. The number of likely N-dealkylation sites (tertiary alicyclic amines) is 1. The summed E-state index contributed by atoms with van der Waals surface area (Å²) >= 11 is 0. The number of hydrogen-bond acceptors (Lipinski definition) is 10. The molecule has 0 bridgehead atoms. The monoisotopic (exact) mass is 743 g/mol. The van der Waals surface area contributed by atoms with Crippen LogP contribution in [0.15, 0.2) is 54.6 Å². The van der Waals surface area contributed by atoms with Gasteiger partial charge in [0.1, 0.15) is 17.8 Å². The minimum Gasteiger partial charge on any atom is -0.508 e. The Morgan fingerprint density at radius 2 is 1.72 bits per heavy atom. The smallest absolute Gasteiger partial charge is 0.282 e. The van der Waals surface area contributed by atoms with Gasteiger partial charge in [0.25, 0.3) is 5.91 Å². The Morgan fingerprint density at radius 1 is 1.00 bits per heavy atom. The third kappa shape index (κ3) is 6.96. The highest BCUT2D eigenvalue weighted by Crippen LogP contribution is 2.32. The number of fused-ring (bicyclic) bond motifs is 2. The van der Waals surface area contributed by atoms with Gasteiger partial charge < -0.3 is 40.9 Å².